The van der Waals surface area contributed by atoms with Gasteiger partial charge < -0.3 is 39.0 Å². The summed E-state index contributed by atoms with van der Waals surface area (Å²) in [6.07, 6.45) is -3.09. The molecule has 0 amide bonds. The van der Waals surface area contributed by atoms with Crippen LogP contribution in [0.5, 0.6) is 0 Å². The lowest BCUT2D eigenvalue weighted by Crippen LogP contribution is -2.76. The zero-order chi connectivity index (χ0) is 31.0. The minimum atomic E-state index is -2.42. The number of rotatable bonds is 5. The molecule has 0 spiro atoms. The van der Waals surface area contributed by atoms with Crippen molar-refractivity contribution in [2.75, 3.05) is 6.61 Å². The van der Waals surface area contributed by atoms with Gasteiger partial charge in [0.1, 0.15) is 30.0 Å². The number of hydrogen-bond donors (Lipinski definition) is 3. The van der Waals surface area contributed by atoms with Crippen molar-refractivity contribution in [3.8, 4) is 0 Å². The second-order valence-corrected chi connectivity index (χ2v) is 13.1. The normalized spacial score (nSPS) is 47.6. The van der Waals surface area contributed by atoms with E-state index in [1.54, 1.807) is 74.5 Å². The fraction of sp³-hybridized carbons (Fsp3) is 0.471. The fourth-order valence-electron chi connectivity index (χ4n) is 9.07. The Morgan fingerprint density at radius 2 is 1.68 bits per heavy atom. The zero-order valence-corrected chi connectivity index (χ0v) is 24.5. The molecule has 230 valence electrons. The molecule has 3 bridgehead atoms. The number of fused-ring (bicyclic) bond motifs is 3. The summed E-state index contributed by atoms with van der Waals surface area (Å²) in [5.74, 6) is -5.87. The first-order chi connectivity index (χ1) is 20.9. The van der Waals surface area contributed by atoms with Crippen LogP contribution in [-0.4, -0.2) is 80.5 Å². The Bertz CT molecular complexity index is 1620. The third kappa shape index (κ3) is 3.00. The number of carbonyl (C=O) groups excluding carboxylic acids is 2. The summed E-state index contributed by atoms with van der Waals surface area (Å²) < 4.78 is 33.4. The van der Waals surface area contributed by atoms with Gasteiger partial charge in [-0.1, -0.05) is 68.1 Å². The SMILES string of the molecule is C=C(C)[C@]12OC3(c4ccccc4)OC1[C@@H]1C4O[C@]4(CO)[C@@H](O)[C@]4(O)C(=O)C(C)=C[C@H]4C1(O3)[C@H](C)[C@H]2OC(=O)c1ccccc1. The Hall–Kier alpha value is -3.22. The van der Waals surface area contributed by atoms with Crippen molar-refractivity contribution < 1.29 is 48.6 Å². The summed E-state index contributed by atoms with van der Waals surface area (Å²) in [7, 11) is 0. The highest BCUT2D eigenvalue weighted by Gasteiger charge is 2.90. The molecule has 8 rings (SSSR count). The van der Waals surface area contributed by atoms with E-state index in [0.717, 1.165) is 0 Å². The molecule has 5 fully saturated rings. The van der Waals surface area contributed by atoms with E-state index in [2.05, 4.69) is 6.58 Å². The maximum Gasteiger partial charge on any atom is 0.338 e. The van der Waals surface area contributed by atoms with E-state index in [9.17, 15) is 24.9 Å². The van der Waals surface area contributed by atoms with Crippen LogP contribution in [0.4, 0.5) is 0 Å². The molecule has 3 aliphatic carbocycles. The standard InChI is InChI=1S/C34H34O10/c1-17(2)32-25(40-28(37)20-11-7-5-8-12-20)19(4)33-22-15-18(3)24(36)31(22,39)29(38)30(16-35)26(41-30)23(33)27(32)42-34(43-32,44-33)21-13-9-6-10-14-21/h5-15,19,22-23,25-27,29,35,38-39H,1,16H2,2-4H3/t19-,22-,23+,25-,26?,27?,29-,30+,31-,32-,33?,34?/m1/s1. The molecule has 4 unspecified atom stereocenters. The van der Waals surface area contributed by atoms with Crippen LogP contribution in [0, 0.1) is 17.8 Å². The van der Waals surface area contributed by atoms with Gasteiger partial charge in [-0.25, -0.2) is 4.79 Å². The molecule has 6 aliphatic rings. The maximum absolute atomic E-state index is 13.8. The van der Waals surface area contributed by atoms with Crippen LogP contribution in [0.3, 0.4) is 0 Å². The summed E-state index contributed by atoms with van der Waals surface area (Å²) >= 11 is 0. The van der Waals surface area contributed by atoms with Gasteiger partial charge in [0.25, 0.3) is 0 Å². The van der Waals surface area contributed by atoms with Gasteiger partial charge in [0, 0.05) is 23.3 Å². The van der Waals surface area contributed by atoms with E-state index in [1.165, 1.54) is 0 Å². The van der Waals surface area contributed by atoms with Crippen molar-refractivity contribution in [2.24, 2.45) is 17.8 Å². The van der Waals surface area contributed by atoms with E-state index < -0.39 is 88.9 Å². The van der Waals surface area contributed by atoms with E-state index in [0.29, 0.717) is 16.7 Å². The smallest absolute Gasteiger partial charge is 0.338 e. The van der Waals surface area contributed by atoms with Crippen LogP contribution < -0.4 is 0 Å². The van der Waals surface area contributed by atoms with E-state index in [1.807, 2.05) is 13.0 Å². The Morgan fingerprint density at radius 3 is 2.32 bits per heavy atom. The molecule has 3 saturated heterocycles. The van der Waals surface area contributed by atoms with Gasteiger partial charge in [0.2, 0.25) is 0 Å². The lowest BCUT2D eigenvalue weighted by atomic mass is 9.53. The number of hydrogen-bond acceptors (Lipinski definition) is 10. The Labute approximate surface area is 253 Å². The minimum Gasteiger partial charge on any atom is -0.455 e. The van der Waals surface area contributed by atoms with Gasteiger partial charge >= 0.3 is 11.9 Å². The van der Waals surface area contributed by atoms with E-state index >= 15 is 0 Å². The van der Waals surface area contributed by atoms with Crippen molar-refractivity contribution in [3.05, 3.63) is 95.6 Å². The highest BCUT2D eigenvalue weighted by atomic mass is 16.9. The summed E-state index contributed by atoms with van der Waals surface area (Å²) in [5, 5.41) is 34.8. The van der Waals surface area contributed by atoms with Gasteiger partial charge in [0.05, 0.1) is 17.8 Å². The lowest BCUT2D eigenvalue weighted by molar-refractivity contribution is -0.440. The molecule has 44 heavy (non-hydrogen) atoms. The number of ketones is 1. The van der Waals surface area contributed by atoms with Crippen LogP contribution in [0.2, 0.25) is 0 Å². The van der Waals surface area contributed by atoms with Crippen LogP contribution in [0.25, 0.3) is 0 Å². The van der Waals surface area contributed by atoms with Gasteiger partial charge in [-0.2, -0.15) is 0 Å². The molecular formula is C34H34O10. The summed E-state index contributed by atoms with van der Waals surface area (Å²) in [4.78, 5) is 27.5. The van der Waals surface area contributed by atoms with Gasteiger partial charge in [-0.05, 0) is 37.1 Å². The summed E-state index contributed by atoms with van der Waals surface area (Å²) in [5.41, 5.74) is -5.56. The largest absolute Gasteiger partial charge is 0.455 e. The Balaban J connectivity index is 1.41. The van der Waals surface area contributed by atoms with Crippen LogP contribution in [0.15, 0.2) is 84.5 Å². The number of benzene rings is 2. The van der Waals surface area contributed by atoms with Crippen molar-refractivity contribution in [2.45, 2.75) is 73.6 Å². The van der Waals surface area contributed by atoms with Crippen molar-refractivity contribution in [1.82, 2.24) is 0 Å². The number of epoxide rings is 1. The van der Waals surface area contributed by atoms with Crippen molar-refractivity contribution in [1.29, 1.82) is 0 Å². The highest BCUT2D eigenvalue weighted by molar-refractivity contribution is 6.05. The number of aliphatic hydroxyl groups is 3. The summed E-state index contributed by atoms with van der Waals surface area (Å²) in [6, 6.07) is 17.6. The molecule has 3 N–H and O–H groups in total. The first-order valence-corrected chi connectivity index (χ1v) is 14.9. The van der Waals surface area contributed by atoms with Crippen molar-refractivity contribution in [3.63, 3.8) is 0 Å². The third-order valence-electron chi connectivity index (χ3n) is 11.1. The monoisotopic (exact) mass is 602 g/mol. The Morgan fingerprint density at radius 1 is 1.02 bits per heavy atom. The van der Waals surface area contributed by atoms with Crippen molar-refractivity contribution >= 4 is 11.8 Å². The van der Waals surface area contributed by atoms with E-state index in [-0.39, 0.29) is 5.57 Å². The van der Waals surface area contributed by atoms with E-state index in [4.69, 9.17) is 23.7 Å². The quantitative estimate of drug-likeness (QED) is 0.265. The third-order valence-corrected chi connectivity index (χ3v) is 11.1. The Kier molecular flexibility index (Phi) is 5.61. The first kappa shape index (κ1) is 28.3. The molecular weight excluding hydrogens is 568 g/mol. The predicted octanol–water partition coefficient (Wildman–Crippen LogP) is 2.17. The number of aliphatic hydroxyl groups excluding tert-OH is 2. The fourth-order valence-corrected chi connectivity index (χ4v) is 9.07. The maximum atomic E-state index is 13.8. The highest BCUT2D eigenvalue weighted by Crippen LogP contribution is 2.74. The summed E-state index contributed by atoms with van der Waals surface area (Å²) in [6.45, 7) is 8.80. The average molecular weight is 603 g/mol. The van der Waals surface area contributed by atoms with Crippen LogP contribution in [-0.2, 0) is 34.5 Å². The van der Waals surface area contributed by atoms with Gasteiger partial charge in [-0.3, -0.25) is 4.79 Å². The number of Topliss-reactive ketones (excluding diaryl/α,β-unsaturated/α-hetero) is 1. The molecule has 10 heteroatoms. The first-order valence-electron chi connectivity index (χ1n) is 14.9. The molecule has 0 aromatic heterocycles. The molecule has 2 aromatic rings. The lowest BCUT2D eigenvalue weighted by Gasteiger charge is -2.61. The average Bonchev–Trinajstić information content (AvgIpc) is 3.65. The second-order valence-electron chi connectivity index (χ2n) is 13.1. The molecule has 2 aromatic carbocycles. The van der Waals surface area contributed by atoms with Crippen LogP contribution in [0.1, 0.15) is 36.7 Å². The zero-order valence-electron chi connectivity index (χ0n) is 24.5. The van der Waals surface area contributed by atoms with Gasteiger partial charge in [-0.15, -0.1) is 0 Å². The molecule has 3 aliphatic heterocycles. The molecule has 12 atom stereocenters. The second kappa shape index (κ2) is 8.73. The molecule has 0 radical (unpaired) electrons. The predicted molar refractivity (Wildman–Crippen MR) is 152 cm³/mol. The molecule has 10 nitrogen and oxygen atoms in total. The molecule has 3 heterocycles. The minimum absolute atomic E-state index is 0.232. The number of carbonyl (C=O) groups is 2. The van der Waals surface area contributed by atoms with Gasteiger partial charge in [0.15, 0.2) is 17.0 Å². The van der Waals surface area contributed by atoms with Crippen LogP contribution >= 0.6 is 0 Å². The number of esters is 1. The molecule has 2 saturated carbocycles. The number of ether oxygens (including phenoxy) is 5. The topological polar surface area (TPSA) is 144 Å².